The highest BCUT2D eigenvalue weighted by Gasteiger charge is 2.27. The van der Waals surface area contributed by atoms with E-state index in [2.05, 4.69) is 43.7 Å². The highest BCUT2D eigenvalue weighted by atomic mass is 16.4. The minimum atomic E-state index is -0.971. The summed E-state index contributed by atoms with van der Waals surface area (Å²) in [6, 6.07) is 13.8. The van der Waals surface area contributed by atoms with E-state index in [4.69, 9.17) is 5.11 Å². The molecule has 0 amide bonds. The van der Waals surface area contributed by atoms with Crippen LogP contribution in [0.2, 0.25) is 0 Å². The summed E-state index contributed by atoms with van der Waals surface area (Å²) in [7, 11) is 0. The fraction of sp³-hybridized carbons (Fsp3) is 0.263. The summed E-state index contributed by atoms with van der Waals surface area (Å²) in [6.07, 6.45) is 2.15. The smallest absolute Gasteiger partial charge is 0.337 e. The molecule has 0 spiro atoms. The van der Waals surface area contributed by atoms with Gasteiger partial charge >= 0.3 is 5.97 Å². The van der Waals surface area contributed by atoms with Crippen molar-refractivity contribution in [1.29, 1.82) is 0 Å². The maximum atomic E-state index is 11.0. The number of carbonyl (C=O) groups is 1. The molecule has 0 saturated carbocycles. The van der Waals surface area contributed by atoms with Gasteiger partial charge in [-0.1, -0.05) is 30.3 Å². The Morgan fingerprint density at radius 1 is 1.19 bits per heavy atom. The molecule has 0 radical (unpaired) electrons. The molecule has 0 fully saturated rings. The molecule has 7 heteroatoms. The molecule has 0 bridgehead atoms. The van der Waals surface area contributed by atoms with Crippen LogP contribution in [0.15, 0.2) is 48.7 Å². The summed E-state index contributed by atoms with van der Waals surface area (Å²) >= 11 is 0. The number of rotatable bonds is 4. The monoisotopic (exact) mass is 349 g/mol. The fourth-order valence-electron chi connectivity index (χ4n) is 3.39. The lowest BCUT2D eigenvalue weighted by molar-refractivity contribution is 0.0696. The standard InChI is InChI=1S/C19H19N5O2/c1-13-11-23(16-8-7-15(10-20-16)19(25)26)12-18-22-21-17(24(13)18)9-14-5-3-2-4-6-14/h2-8,10,13H,9,11-12H2,1H3,(H,25,26)/t13-/m0/s1. The first-order chi connectivity index (χ1) is 12.6. The third kappa shape index (κ3) is 3.03. The number of carboxylic acid groups (broad SMARTS) is 1. The van der Waals surface area contributed by atoms with Crippen molar-refractivity contribution in [2.75, 3.05) is 11.4 Å². The van der Waals surface area contributed by atoms with E-state index in [1.54, 1.807) is 12.1 Å². The normalized spacial score (nSPS) is 16.3. The average molecular weight is 349 g/mol. The van der Waals surface area contributed by atoms with Gasteiger partial charge < -0.3 is 14.6 Å². The van der Waals surface area contributed by atoms with Crippen molar-refractivity contribution in [2.45, 2.75) is 25.9 Å². The van der Waals surface area contributed by atoms with E-state index in [1.807, 2.05) is 18.2 Å². The zero-order chi connectivity index (χ0) is 18.1. The van der Waals surface area contributed by atoms with Crippen molar-refractivity contribution in [3.8, 4) is 0 Å². The van der Waals surface area contributed by atoms with Crippen LogP contribution in [0.25, 0.3) is 0 Å². The number of carboxylic acids is 1. The third-order valence-electron chi connectivity index (χ3n) is 4.62. The van der Waals surface area contributed by atoms with E-state index in [0.717, 1.165) is 30.4 Å². The Morgan fingerprint density at radius 3 is 2.69 bits per heavy atom. The van der Waals surface area contributed by atoms with Gasteiger partial charge in [0.05, 0.1) is 18.2 Å². The first kappa shape index (κ1) is 16.3. The van der Waals surface area contributed by atoms with E-state index < -0.39 is 5.97 Å². The van der Waals surface area contributed by atoms with E-state index >= 15 is 0 Å². The Balaban J connectivity index is 1.57. The molecule has 1 aliphatic rings. The fourth-order valence-corrected chi connectivity index (χ4v) is 3.39. The van der Waals surface area contributed by atoms with Crippen molar-refractivity contribution in [1.82, 2.24) is 19.7 Å². The van der Waals surface area contributed by atoms with Crippen LogP contribution in [0.3, 0.4) is 0 Å². The van der Waals surface area contributed by atoms with Gasteiger partial charge in [0.1, 0.15) is 11.6 Å². The van der Waals surface area contributed by atoms with Crippen LogP contribution in [-0.4, -0.2) is 37.4 Å². The summed E-state index contributed by atoms with van der Waals surface area (Å²) in [4.78, 5) is 17.4. The van der Waals surface area contributed by atoms with Crippen molar-refractivity contribution < 1.29 is 9.90 Å². The molecule has 1 atom stereocenters. The van der Waals surface area contributed by atoms with Gasteiger partial charge in [-0.15, -0.1) is 10.2 Å². The lowest BCUT2D eigenvalue weighted by Gasteiger charge is -2.33. The van der Waals surface area contributed by atoms with Crippen LogP contribution in [-0.2, 0) is 13.0 Å². The number of hydrogen-bond donors (Lipinski definition) is 1. The average Bonchev–Trinajstić information content (AvgIpc) is 3.06. The second-order valence-electron chi connectivity index (χ2n) is 6.50. The number of aromatic carboxylic acids is 1. The number of hydrogen-bond acceptors (Lipinski definition) is 5. The Hall–Kier alpha value is -3.22. The molecule has 3 aromatic rings. The highest BCUT2D eigenvalue weighted by Crippen LogP contribution is 2.26. The Bertz CT molecular complexity index is 921. The maximum absolute atomic E-state index is 11.0. The molecular weight excluding hydrogens is 330 g/mol. The summed E-state index contributed by atoms with van der Waals surface area (Å²) in [5, 5.41) is 17.8. The van der Waals surface area contributed by atoms with E-state index in [9.17, 15) is 4.79 Å². The first-order valence-electron chi connectivity index (χ1n) is 8.52. The highest BCUT2D eigenvalue weighted by molar-refractivity contribution is 5.87. The van der Waals surface area contributed by atoms with Crippen molar-refractivity contribution in [3.05, 3.63) is 71.4 Å². The quantitative estimate of drug-likeness (QED) is 0.779. The molecule has 0 saturated heterocycles. The Morgan fingerprint density at radius 2 is 2.00 bits per heavy atom. The summed E-state index contributed by atoms with van der Waals surface area (Å²) in [6.45, 7) is 3.51. The predicted octanol–water partition coefficient (Wildman–Crippen LogP) is 2.54. The largest absolute Gasteiger partial charge is 0.478 e. The second-order valence-corrected chi connectivity index (χ2v) is 6.50. The molecule has 3 heterocycles. The second kappa shape index (κ2) is 6.59. The van der Waals surface area contributed by atoms with E-state index in [1.165, 1.54) is 11.8 Å². The molecule has 1 N–H and O–H groups in total. The van der Waals surface area contributed by atoms with Gasteiger partial charge in [-0.25, -0.2) is 9.78 Å². The summed E-state index contributed by atoms with van der Waals surface area (Å²) in [5.74, 6) is 1.65. The number of aromatic nitrogens is 4. The molecule has 0 unspecified atom stereocenters. The number of nitrogens with zero attached hydrogens (tertiary/aromatic N) is 5. The first-order valence-corrected chi connectivity index (χ1v) is 8.52. The van der Waals surface area contributed by atoms with Crippen LogP contribution in [0.1, 0.15) is 40.5 Å². The van der Waals surface area contributed by atoms with Crippen molar-refractivity contribution in [2.24, 2.45) is 0 Å². The van der Waals surface area contributed by atoms with Gasteiger partial charge in [0.2, 0.25) is 0 Å². The van der Waals surface area contributed by atoms with Crippen LogP contribution in [0.5, 0.6) is 0 Å². The molecule has 0 aliphatic carbocycles. The molecule has 26 heavy (non-hydrogen) atoms. The molecular formula is C19H19N5O2. The van der Waals surface area contributed by atoms with Gasteiger partial charge in [-0.3, -0.25) is 0 Å². The van der Waals surface area contributed by atoms with Crippen molar-refractivity contribution in [3.63, 3.8) is 0 Å². The lowest BCUT2D eigenvalue weighted by Crippen LogP contribution is -2.37. The molecule has 132 valence electrons. The number of anilines is 1. The van der Waals surface area contributed by atoms with Crippen LogP contribution in [0.4, 0.5) is 5.82 Å². The zero-order valence-electron chi connectivity index (χ0n) is 14.4. The van der Waals surface area contributed by atoms with Gasteiger partial charge in [0.15, 0.2) is 5.82 Å². The predicted molar refractivity (Wildman–Crippen MR) is 96.2 cm³/mol. The minimum absolute atomic E-state index is 0.187. The van der Waals surface area contributed by atoms with Crippen LogP contribution in [0, 0.1) is 0 Å². The van der Waals surface area contributed by atoms with E-state index in [-0.39, 0.29) is 11.6 Å². The van der Waals surface area contributed by atoms with Crippen LogP contribution >= 0.6 is 0 Å². The third-order valence-corrected chi connectivity index (χ3v) is 4.62. The summed E-state index contributed by atoms with van der Waals surface area (Å²) in [5.41, 5.74) is 1.40. The van der Waals surface area contributed by atoms with Crippen LogP contribution < -0.4 is 4.90 Å². The molecule has 4 rings (SSSR count). The minimum Gasteiger partial charge on any atom is -0.478 e. The zero-order valence-corrected chi connectivity index (χ0v) is 14.4. The van der Waals surface area contributed by atoms with E-state index in [0.29, 0.717) is 6.54 Å². The van der Waals surface area contributed by atoms with Gasteiger partial charge in [-0.05, 0) is 24.6 Å². The topological polar surface area (TPSA) is 84.1 Å². The Kier molecular flexibility index (Phi) is 4.12. The lowest BCUT2D eigenvalue weighted by atomic mass is 10.1. The molecule has 7 nitrogen and oxygen atoms in total. The molecule has 1 aliphatic heterocycles. The van der Waals surface area contributed by atoms with Gasteiger partial charge in [0.25, 0.3) is 0 Å². The number of fused-ring (bicyclic) bond motifs is 1. The number of benzene rings is 1. The van der Waals surface area contributed by atoms with Gasteiger partial charge in [0, 0.05) is 19.2 Å². The van der Waals surface area contributed by atoms with Crippen molar-refractivity contribution >= 4 is 11.8 Å². The Labute approximate surface area is 150 Å². The SMILES string of the molecule is C[C@H]1CN(c2ccc(C(=O)O)cn2)Cc2nnc(Cc3ccccc3)n21. The number of pyridine rings is 1. The molecule has 2 aromatic heterocycles. The summed E-state index contributed by atoms with van der Waals surface area (Å²) < 4.78 is 2.20. The van der Waals surface area contributed by atoms with Gasteiger partial charge in [-0.2, -0.15) is 0 Å². The maximum Gasteiger partial charge on any atom is 0.337 e. The molecule has 1 aromatic carbocycles.